The quantitative estimate of drug-likeness (QED) is 0.0843. The fraction of sp³-hybridized carbons (Fsp3) is 0.481. The number of aromatic nitrogens is 3. The number of aliphatic carboxylic acids is 2. The lowest BCUT2D eigenvalue weighted by molar-refractivity contribution is -0.689. The fourth-order valence-corrected chi connectivity index (χ4v) is 6.75. The number of anilines is 2. The Morgan fingerprint density at radius 3 is 2.60 bits per heavy atom. The van der Waals surface area contributed by atoms with Crippen LogP contribution in [0.1, 0.15) is 32.5 Å². The summed E-state index contributed by atoms with van der Waals surface area (Å²) in [5.74, 6) is -4.37. The first-order valence-electron chi connectivity index (χ1n) is 14.2. The predicted molar refractivity (Wildman–Crippen MR) is 162 cm³/mol. The summed E-state index contributed by atoms with van der Waals surface area (Å²) in [7, 11) is 0. The van der Waals surface area contributed by atoms with Crippen LogP contribution in [0, 0.1) is 0 Å². The number of likely N-dealkylation sites (tertiary alicyclic amines) is 1. The van der Waals surface area contributed by atoms with Crippen LogP contribution in [0.2, 0.25) is 0 Å². The molecule has 0 aromatic carbocycles. The highest BCUT2D eigenvalue weighted by molar-refractivity contribution is 8.00. The molecule has 2 unspecified atom stereocenters. The van der Waals surface area contributed by atoms with E-state index in [0.717, 1.165) is 48.3 Å². The number of β-lactam (4-membered cyclic amide) rings is 1. The number of carbonyl (C=O) groups excluding carboxylic acids is 3. The molecule has 0 saturated carbocycles. The van der Waals surface area contributed by atoms with Crippen molar-refractivity contribution < 1.29 is 38.8 Å². The number of nitrogen functional groups attached to an aromatic ring is 1. The molecular formula is C27H33N9O7S2. The van der Waals surface area contributed by atoms with Gasteiger partial charge in [0, 0.05) is 53.8 Å². The van der Waals surface area contributed by atoms with E-state index < -0.39 is 46.5 Å². The minimum absolute atomic E-state index is 0.0225. The van der Waals surface area contributed by atoms with E-state index >= 15 is 0 Å². The van der Waals surface area contributed by atoms with Gasteiger partial charge in [0.05, 0.1) is 11.7 Å². The molecule has 5 N–H and O–H groups in total. The first kappa shape index (κ1) is 32.1. The van der Waals surface area contributed by atoms with Crippen molar-refractivity contribution in [1.82, 2.24) is 24.5 Å². The molecule has 2 fully saturated rings. The molecule has 16 nitrogen and oxygen atoms in total. The number of pyridine rings is 1. The van der Waals surface area contributed by atoms with E-state index in [1.807, 2.05) is 29.1 Å². The number of nitrogens with zero attached hydrogens (tertiary/aromatic N) is 6. The molecular weight excluding hydrogens is 626 g/mol. The molecule has 2 saturated heterocycles. The van der Waals surface area contributed by atoms with Gasteiger partial charge >= 0.3 is 5.97 Å². The average molecular weight is 660 g/mol. The highest BCUT2D eigenvalue weighted by Crippen LogP contribution is 2.40. The van der Waals surface area contributed by atoms with Gasteiger partial charge in [-0.05, 0) is 39.8 Å². The minimum atomic E-state index is -1.79. The van der Waals surface area contributed by atoms with Gasteiger partial charge in [-0.25, -0.2) is 9.36 Å². The first-order chi connectivity index (χ1) is 21.4. The third-order valence-electron chi connectivity index (χ3n) is 7.50. The number of amides is 2. The van der Waals surface area contributed by atoms with E-state index in [9.17, 15) is 29.4 Å². The third-order valence-corrected chi connectivity index (χ3v) is 9.38. The van der Waals surface area contributed by atoms with E-state index in [1.54, 1.807) is 0 Å². The number of carboxylic acid groups (broad SMARTS) is 2. The Morgan fingerprint density at radius 2 is 1.98 bits per heavy atom. The van der Waals surface area contributed by atoms with Gasteiger partial charge < -0.3 is 41.1 Å². The second-order valence-corrected chi connectivity index (χ2v) is 13.0. The zero-order valence-corrected chi connectivity index (χ0v) is 26.2. The van der Waals surface area contributed by atoms with E-state index in [4.69, 9.17) is 10.6 Å². The van der Waals surface area contributed by atoms with Crippen molar-refractivity contribution in [2.45, 2.75) is 50.3 Å². The highest BCUT2D eigenvalue weighted by Gasteiger charge is 2.53. The van der Waals surface area contributed by atoms with Gasteiger partial charge in [-0.2, -0.15) is 9.36 Å². The second-order valence-electron chi connectivity index (χ2n) is 11.1. The summed E-state index contributed by atoms with van der Waals surface area (Å²) in [4.78, 5) is 62.6. The van der Waals surface area contributed by atoms with Crippen molar-refractivity contribution in [3.8, 4) is 0 Å². The van der Waals surface area contributed by atoms with Gasteiger partial charge in [-0.15, -0.1) is 11.8 Å². The van der Waals surface area contributed by atoms with Crippen molar-refractivity contribution in [2.24, 2.45) is 5.16 Å². The van der Waals surface area contributed by atoms with Crippen LogP contribution in [0.15, 0.2) is 41.0 Å². The van der Waals surface area contributed by atoms with Gasteiger partial charge in [-0.3, -0.25) is 14.5 Å². The predicted octanol–water partition coefficient (Wildman–Crippen LogP) is -1.40. The van der Waals surface area contributed by atoms with Crippen molar-refractivity contribution >= 4 is 63.6 Å². The normalized spacial score (nSPS) is 20.4. The molecule has 2 aromatic rings. The number of fused-ring (bicyclic) bond motifs is 1. The van der Waals surface area contributed by atoms with Crippen molar-refractivity contribution in [1.29, 1.82) is 0 Å². The number of nitrogens with one attached hydrogen (secondary N) is 2. The Hall–Kier alpha value is -4.29. The van der Waals surface area contributed by atoms with Crippen LogP contribution in [0.3, 0.4) is 0 Å². The maximum absolute atomic E-state index is 13.2. The van der Waals surface area contributed by atoms with Crippen LogP contribution in [0.4, 0.5) is 10.8 Å². The second kappa shape index (κ2) is 13.4. The van der Waals surface area contributed by atoms with Crippen LogP contribution in [-0.2, 0) is 30.6 Å². The lowest BCUT2D eigenvalue weighted by atomic mass is 10.0. The third kappa shape index (κ3) is 7.18. The van der Waals surface area contributed by atoms with Crippen molar-refractivity contribution in [2.75, 3.05) is 43.0 Å². The maximum atomic E-state index is 13.2. The zero-order chi connectivity index (χ0) is 32.3. The molecule has 45 heavy (non-hydrogen) atoms. The monoisotopic (exact) mass is 659 g/mol. The number of oxime groups is 1. The molecule has 0 radical (unpaired) electrons. The number of hydrogen-bond acceptors (Lipinski definition) is 14. The molecule has 3 aliphatic rings. The zero-order valence-electron chi connectivity index (χ0n) is 24.6. The molecule has 5 rings (SSSR count). The number of hydrogen-bond donors (Lipinski definition) is 4. The van der Waals surface area contributed by atoms with Crippen LogP contribution in [-0.4, -0.2) is 103 Å². The smallest absolute Gasteiger partial charge is 0.350 e. The molecule has 2 amide bonds. The lowest BCUT2D eigenvalue weighted by Gasteiger charge is -2.50. The van der Waals surface area contributed by atoms with Crippen LogP contribution in [0.5, 0.6) is 0 Å². The Bertz CT molecular complexity index is 1540. The van der Waals surface area contributed by atoms with E-state index in [2.05, 4.69) is 30.0 Å². The molecule has 0 bridgehead atoms. The summed E-state index contributed by atoms with van der Waals surface area (Å²) in [6.07, 6.45) is 6.16. The minimum Gasteiger partial charge on any atom is -0.543 e. The molecule has 2 atom stereocenters. The Kier molecular flexibility index (Phi) is 9.54. The molecule has 240 valence electrons. The number of thioether (sulfide) groups is 1. The van der Waals surface area contributed by atoms with E-state index in [0.29, 0.717) is 5.57 Å². The van der Waals surface area contributed by atoms with E-state index in [-0.39, 0.29) is 29.0 Å². The summed E-state index contributed by atoms with van der Waals surface area (Å²) in [5, 5.41) is 30.5. The number of carboxylic acids is 2. The summed E-state index contributed by atoms with van der Waals surface area (Å²) in [6.45, 7) is 6.75. The van der Waals surface area contributed by atoms with Crippen molar-refractivity contribution in [3.63, 3.8) is 0 Å². The van der Waals surface area contributed by atoms with Gasteiger partial charge in [0.2, 0.25) is 17.1 Å². The van der Waals surface area contributed by atoms with Crippen LogP contribution in [0.25, 0.3) is 0 Å². The maximum Gasteiger partial charge on any atom is 0.350 e. The van der Waals surface area contributed by atoms with Crippen molar-refractivity contribution in [3.05, 3.63) is 41.6 Å². The SMILES string of the molecule is CC(C)(O/N=C(\C(=O)NC1C(=O)N2C(C(=O)[O-])=C(C[n+]3ccc(NCCN4CCCC4)cc3)CSC12)c1nsc(N)n1)C(=O)O. The Labute approximate surface area is 266 Å². The Morgan fingerprint density at radius 1 is 1.27 bits per heavy atom. The number of rotatable bonds is 13. The first-order valence-corrected chi connectivity index (χ1v) is 16.0. The van der Waals surface area contributed by atoms with E-state index in [1.165, 1.54) is 38.5 Å². The standard InChI is InChI=1S/C27H33N9O7S2/c1-27(2,25(41)42)43-32-17(20-31-26(28)45-33-20)21(37)30-18-22(38)36-19(24(39)40)15(14-44-23(18)36)13-35-10-5-16(6-11-35)29-7-12-34-8-3-4-9-34/h5-6,10-11,18,23H,3-4,7-9,12-14H2,1-2H3,(H5,28,30,31,33,37,39,40,41,42)/b32-17-. The highest BCUT2D eigenvalue weighted by atomic mass is 32.2. The molecule has 0 aliphatic carbocycles. The topological polar surface area (TPSA) is 219 Å². The molecule has 0 spiro atoms. The number of carbonyl (C=O) groups is 4. The van der Waals surface area contributed by atoms with Gasteiger partial charge in [0.25, 0.3) is 11.8 Å². The molecule has 2 aromatic heterocycles. The number of nitrogens with two attached hydrogens (primary N) is 1. The lowest BCUT2D eigenvalue weighted by Crippen LogP contribution is -2.71. The molecule has 5 heterocycles. The van der Waals surface area contributed by atoms with Gasteiger partial charge in [0.1, 0.15) is 11.4 Å². The summed E-state index contributed by atoms with van der Waals surface area (Å²) < 4.78 is 5.76. The van der Waals surface area contributed by atoms with Crippen LogP contribution >= 0.6 is 23.3 Å². The summed E-state index contributed by atoms with van der Waals surface area (Å²) in [5.41, 5.74) is 4.56. The average Bonchev–Trinajstić information content (AvgIpc) is 3.68. The Balaban J connectivity index is 1.25. The fourth-order valence-electron chi connectivity index (χ4n) is 4.98. The molecule has 3 aliphatic heterocycles. The largest absolute Gasteiger partial charge is 0.543 e. The summed E-state index contributed by atoms with van der Waals surface area (Å²) >= 11 is 2.07. The van der Waals surface area contributed by atoms with Crippen LogP contribution < -0.4 is 26.0 Å². The molecule has 18 heteroatoms. The van der Waals surface area contributed by atoms with Gasteiger partial charge in [0.15, 0.2) is 24.1 Å². The van der Waals surface area contributed by atoms with Gasteiger partial charge in [-0.1, -0.05) is 5.16 Å². The summed E-state index contributed by atoms with van der Waals surface area (Å²) in [6, 6.07) is 2.71.